The van der Waals surface area contributed by atoms with Gasteiger partial charge in [-0.1, -0.05) is 28.1 Å². The first-order valence-electron chi connectivity index (χ1n) is 6.69. The van der Waals surface area contributed by atoms with Crippen LogP contribution < -0.4 is 5.73 Å². The fraction of sp³-hybridized carbons (Fsp3) is 0.571. The molecule has 0 radical (unpaired) electrons. The van der Waals surface area contributed by atoms with Crippen LogP contribution in [0.4, 0.5) is 0 Å². The summed E-state index contributed by atoms with van der Waals surface area (Å²) < 4.78 is 1.13. The van der Waals surface area contributed by atoms with Gasteiger partial charge in [-0.25, -0.2) is 0 Å². The van der Waals surface area contributed by atoms with E-state index in [-0.39, 0.29) is 6.04 Å². The molecule has 0 spiro atoms. The van der Waals surface area contributed by atoms with E-state index in [0.29, 0.717) is 6.04 Å². The zero-order valence-electron chi connectivity index (χ0n) is 10.6. The van der Waals surface area contributed by atoms with Crippen LogP contribution in [0.1, 0.15) is 5.56 Å². The Bertz CT molecular complexity index is 398. The van der Waals surface area contributed by atoms with Crippen molar-refractivity contribution in [3.8, 4) is 0 Å². The fourth-order valence-corrected chi connectivity index (χ4v) is 3.36. The molecule has 3 aliphatic heterocycles. The van der Waals surface area contributed by atoms with Crippen molar-refractivity contribution in [1.82, 2.24) is 9.80 Å². The molecule has 0 aromatic heterocycles. The van der Waals surface area contributed by atoms with E-state index in [2.05, 4.69) is 50.0 Å². The molecule has 0 aliphatic carbocycles. The van der Waals surface area contributed by atoms with Crippen LogP contribution in [0.25, 0.3) is 0 Å². The molecule has 2 atom stereocenters. The standard InChI is InChI=1S/C14H20BrN3/c15-12-3-1-11(2-4-12)9-13(16)14-10-17-5-7-18(14)8-6-17/h1-4,13-14H,5-10,16H2. The second kappa shape index (κ2) is 5.29. The number of piperazine rings is 3. The molecular weight excluding hydrogens is 290 g/mol. The molecule has 3 fully saturated rings. The molecule has 2 bridgehead atoms. The van der Waals surface area contributed by atoms with Crippen molar-refractivity contribution in [1.29, 1.82) is 0 Å². The maximum Gasteiger partial charge on any atom is 0.0378 e. The van der Waals surface area contributed by atoms with Crippen LogP contribution in [0.2, 0.25) is 0 Å². The predicted octanol–water partition coefficient (Wildman–Crippen LogP) is 1.32. The van der Waals surface area contributed by atoms with Crippen molar-refractivity contribution >= 4 is 15.9 Å². The Kier molecular flexibility index (Phi) is 3.71. The smallest absolute Gasteiger partial charge is 0.0378 e. The Morgan fingerprint density at radius 2 is 1.83 bits per heavy atom. The zero-order valence-corrected chi connectivity index (χ0v) is 12.1. The number of nitrogens with two attached hydrogens (primary N) is 1. The van der Waals surface area contributed by atoms with Crippen LogP contribution in [0, 0.1) is 0 Å². The van der Waals surface area contributed by atoms with Crippen LogP contribution in [-0.4, -0.2) is 54.6 Å². The van der Waals surface area contributed by atoms with E-state index >= 15 is 0 Å². The quantitative estimate of drug-likeness (QED) is 0.914. The van der Waals surface area contributed by atoms with Gasteiger partial charge in [-0.3, -0.25) is 9.80 Å². The average Bonchev–Trinajstić information content (AvgIpc) is 2.42. The van der Waals surface area contributed by atoms with Crippen molar-refractivity contribution in [2.45, 2.75) is 18.5 Å². The van der Waals surface area contributed by atoms with Crippen molar-refractivity contribution in [3.63, 3.8) is 0 Å². The van der Waals surface area contributed by atoms with Crippen LogP contribution in [0.15, 0.2) is 28.7 Å². The summed E-state index contributed by atoms with van der Waals surface area (Å²) in [4.78, 5) is 5.12. The van der Waals surface area contributed by atoms with Gasteiger partial charge in [0.2, 0.25) is 0 Å². The minimum absolute atomic E-state index is 0.245. The van der Waals surface area contributed by atoms with E-state index in [4.69, 9.17) is 5.73 Å². The molecule has 1 aromatic rings. The van der Waals surface area contributed by atoms with Gasteiger partial charge >= 0.3 is 0 Å². The third-order valence-electron chi connectivity index (χ3n) is 4.20. The largest absolute Gasteiger partial charge is 0.326 e. The molecule has 3 heterocycles. The predicted molar refractivity (Wildman–Crippen MR) is 77.6 cm³/mol. The van der Waals surface area contributed by atoms with E-state index in [9.17, 15) is 0 Å². The summed E-state index contributed by atoms with van der Waals surface area (Å²) in [5.74, 6) is 0. The van der Waals surface area contributed by atoms with E-state index in [1.165, 1.54) is 31.7 Å². The first kappa shape index (κ1) is 12.6. The zero-order chi connectivity index (χ0) is 12.5. The highest BCUT2D eigenvalue weighted by Gasteiger charge is 2.35. The SMILES string of the molecule is NC(Cc1ccc(Br)cc1)C1CN2CCN1CC2. The number of rotatable bonds is 3. The first-order chi connectivity index (χ1) is 8.72. The Hall–Kier alpha value is -0.420. The van der Waals surface area contributed by atoms with Crippen LogP contribution in [0.3, 0.4) is 0 Å². The summed E-state index contributed by atoms with van der Waals surface area (Å²) in [5.41, 5.74) is 7.76. The maximum absolute atomic E-state index is 6.42. The van der Waals surface area contributed by atoms with Crippen molar-refractivity contribution in [3.05, 3.63) is 34.3 Å². The Balaban J connectivity index is 1.64. The minimum atomic E-state index is 0.245. The molecule has 0 amide bonds. The van der Waals surface area contributed by atoms with Crippen molar-refractivity contribution in [2.75, 3.05) is 32.7 Å². The Morgan fingerprint density at radius 1 is 1.17 bits per heavy atom. The number of halogens is 1. The average molecular weight is 310 g/mol. The van der Waals surface area contributed by atoms with E-state index < -0.39 is 0 Å². The molecule has 98 valence electrons. The summed E-state index contributed by atoms with van der Waals surface area (Å²) in [6, 6.07) is 9.31. The van der Waals surface area contributed by atoms with Gasteiger partial charge in [0.25, 0.3) is 0 Å². The maximum atomic E-state index is 6.42. The summed E-state index contributed by atoms with van der Waals surface area (Å²) in [6.07, 6.45) is 0.974. The molecule has 18 heavy (non-hydrogen) atoms. The number of hydrogen-bond acceptors (Lipinski definition) is 3. The summed E-state index contributed by atoms with van der Waals surface area (Å²) in [7, 11) is 0. The van der Waals surface area contributed by atoms with Crippen molar-refractivity contribution < 1.29 is 0 Å². The van der Waals surface area contributed by atoms with Gasteiger partial charge in [-0.05, 0) is 24.1 Å². The normalized spacial score (nSPS) is 32.4. The fourth-order valence-electron chi connectivity index (χ4n) is 3.09. The van der Waals surface area contributed by atoms with E-state index in [1.54, 1.807) is 0 Å². The lowest BCUT2D eigenvalue weighted by atomic mass is 9.95. The molecule has 3 aliphatic rings. The third-order valence-corrected chi connectivity index (χ3v) is 4.73. The summed E-state index contributed by atoms with van der Waals surface area (Å²) in [5, 5.41) is 0. The number of fused-ring (bicyclic) bond motifs is 3. The summed E-state index contributed by atoms with van der Waals surface area (Å²) >= 11 is 3.47. The summed E-state index contributed by atoms with van der Waals surface area (Å²) in [6.45, 7) is 5.98. The Morgan fingerprint density at radius 3 is 2.39 bits per heavy atom. The van der Waals surface area contributed by atoms with Gasteiger partial charge in [-0.2, -0.15) is 0 Å². The van der Waals surface area contributed by atoms with E-state index in [0.717, 1.165) is 17.4 Å². The lowest BCUT2D eigenvalue weighted by Gasteiger charge is -2.49. The molecule has 0 saturated carbocycles. The second-order valence-corrected chi connectivity index (χ2v) is 6.31. The molecule has 2 unspecified atom stereocenters. The number of benzene rings is 1. The Labute approximate surface area is 117 Å². The molecule has 4 rings (SSSR count). The molecule has 1 aromatic carbocycles. The number of hydrogen-bond donors (Lipinski definition) is 1. The highest BCUT2D eigenvalue weighted by atomic mass is 79.9. The van der Waals surface area contributed by atoms with Gasteiger partial charge in [0.15, 0.2) is 0 Å². The molecule has 4 heteroatoms. The highest BCUT2D eigenvalue weighted by Crippen LogP contribution is 2.20. The minimum Gasteiger partial charge on any atom is -0.326 e. The molecule has 3 nitrogen and oxygen atoms in total. The van der Waals surface area contributed by atoms with Crippen molar-refractivity contribution in [2.24, 2.45) is 5.73 Å². The first-order valence-corrected chi connectivity index (χ1v) is 7.48. The molecular formula is C14H20BrN3. The lowest BCUT2D eigenvalue weighted by Crippen LogP contribution is -2.66. The van der Waals surface area contributed by atoms with Gasteiger partial charge in [0.05, 0.1) is 0 Å². The highest BCUT2D eigenvalue weighted by molar-refractivity contribution is 9.10. The second-order valence-electron chi connectivity index (χ2n) is 5.40. The van der Waals surface area contributed by atoms with Gasteiger partial charge < -0.3 is 5.73 Å². The lowest BCUT2D eigenvalue weighted by molar-refractivity contribution is 0.00258. The van der Waals surface area contributed by atoms with Gasteiger partial charge in [0.1, 0.15) is 0 Å². The van der Waals surface area contributed by atoms with Crippen LogP contribution in [-0.2, 0) is 6.42 Å². The molecule has 2 N–H and O–H groups in total. The van der Waals surface area contributed by atoms with Gasteiger partial charge in [-0.15, -0.1) is 0 Å². The van der Waals surface area contributed by atoms with Gasteiger partial charge in [0, 0.05) is 49.3 Å². The van der Waals surface area contributed by atoms with Crippen LogP contribution >= 0.6 is 15.9 Å². The van der Waals surface area contributed by atoms with E-state index in [1.807, 2.05) is 0 Å². The third kappa shape index (κ3) is 2.62. The van der Waals surface area contributed by atoms with Crippen LogP contribution in [0.5, 0.6) is 0 Å². The molecule has 3 saturated heterocycles. The number of nitrogens with zero attached hydrogens (tertiary/aromatic N) is 2. The topological polar surface area (TPSA) is 32.5 Å². The monoisotopic (exact) mass is 309 g/mol.